The lowest BCUT2D eigenvalue weighted by Gasteiger charge is -2.46. The van der Waals surface area contributed by atoms with E-state index < -0.39 is 0 Å². The summed E-state index contributed by atoms with van der Waals surface area (Å²) >= 11 is 3.27. The number of hydrogen-bond donors (Lipinski definition) is 1. The van der Waals surface area contributed by atoms with E-state index in [0.29, 0.717) is 23.5 Å². The Kier molecular flexibility index (Phi) is 3.95. The predicted molar refractivity (Wildman–Crippen MR) is 112 cm³/mol. The molecule has 0 atom stereocenters. The van der Waals surface area contributed by atoms with Crippen molar-refractivity contribution in [1.29, 1.82) is 0 Å². The molecule has 1 fully saturated rings. The number of benzene rings is 1. The summed E-state index contributed by atoms with van der Waals surface area (Å²) in [5.41, 5.74) is 6.13. The van der Waals surface area contributed by atoms with Gasteiger partial charge in [-0.2, -0.15) is 0 Å². The molecule has 0 aliphatic carbocycles. The molecule has 6 heteroatoms. The number of hydrogen-bond acceptors (Lipinski definition) is 3. The Balaban J connectivity index is 1.45. The fourth-order valence-corrected chi connectivity index (χ4v) is 4.86. The van der Waals surface area contributed by atoms with Crippen molar-refractivity contribution in [3.8, 4) is 5.69 Å². The van der Waals surface area contributed by atoms with E-state index in [1.807, 2.05) is 4.90 Å². The van der Waals surface area contributed by atoms with Crippen LogP contribution in [0.3, 0.4) is 0 Å². The van der Waals surface area contributed by atoms with Crippen LogP contribution in [0.1, 0.15) is 40.2 Å². The van der Waals surface area contributed by atoms with Gasteiger partial charge in [0.2, 0.25) is 0 Å². The number of nitrogens with one attached hydrogen (secondary N) is 1. The van der Waals surface area contributed by atoms with Crippen molar-refractivity contribution in [2.45, 2.75) is 32.2 Å². The first kappa shape index (κ1) is 17.6. The van der Waals surface area contributed by atoms with Crippen molar-refractivity contribution >= 4 is 27.5 Å². The average molecular weight is 440 g/mol. The number of aryl methyl sites for hydroxylation is 1. The normalized spacial score (nSPS) is 17.2. The fourth-order valence-electron chi connectivity index (χ4n) is 4.56. The number of aromatic nitrogens is 1. The van der Waals surface area contributed by atoms with E-state index >= 15 is 0 Å². The number of amides is 1. The van der Waals surface area contributed by atoms with Gasteiger partial charge in [-0.1, -0.05) is 6.07 Å². The molecule has 5 rings (SSSR count). The van der Waals surface area contributed by atoms with Crippen molar-refractivity contribution in [2.24, 2.45) is 0 Å². The molecule has 1 N–H and O–H groups in total. The highest BCUT2D eigenvalue weighted by molar-refractivity contribution is 9.10. The molecule has 2 aromatic heterocycles. The SMILES string of the molecule is Cc1ccc2c(c1C)-n1cccc1C1(CCN(C(=O)c3ccc(Br)o3)CC1)N2. The molecular formula is C22H22BrN3O2. The maximum atomic E-state index is 12.7. The Labute approximate surface area is 172 Å². The lowest BCUT2D eigenvalue weighted by Crippen LogP contribution is -2.51. The summed E-state index contributed by atoms with van der Waals surface area (Å²) in [6, 6.07) is 12.2. The molecule has 1 saturated heterocycles. The third-order valence-electron chi connectivity index (χ3n) is 6.24. The molecular weight excluding hydrogens is 418 g/mol. The van der Waals surface area contributed by atoms with Crippen molar-refractivity contribution in [3.63, 3.8) is 0 Å². The number of likely N-dealkylation sites (tertiary alicyclic amines) is 1. The Morgan fingerprint density at radius 3 is 2.64 bits per heavy atom. The number of furan rings is 1. The van der Waals surface area contributed by atoms with Gasteiger partial charge in [-0.25, -0.2) is 0 Å². The molecule has 4 heterocycles. The van der Waals surface area contributed by atoms with Crippen LogP contribution >= 0.6 is 15.9 Å². The molecule has 5 nitrogen and oxygen atoms in total. The van der Waals surface area contributed by atoms with E-state index in [1.165, 1.54) is 28.2 Å². The van der Waals surface area contributed by atoms with Crippen LogP contribution in [0.2, 0.25) is 0 Å². The molecule has 0 radical (unpaired) electrons. The number of anilines is 1. The number of fused-ring (bicyclic) bond motifs is 4. The van der Waals surface area contributed by atoms with Gasteiger partial charge in [0.1, 0.15) is 0 Å². The van der Waals surface area contributed by atoms with Gasteiger partial charge in [-0.15, -0.1) is 0 Å². The summed E-state index contributed by atoms with van der Waals surface area (Å²) in [6.45, 7) is 5.71. The number of nitrogens with zero attached hydrogens (tertiary/aromatic N) is 2. The summed E-state index contributed by atoms with van der Waals surface area (Å²) in [5, 5.41) is 3.84. The molecule has 144 valence electrons. The highest BCUT2D eigenvalue weighted by Crippen LogP contribution is 2.45. The maximum Gasteiger partial charge on any atom is 0.289 e. The van der Waals surface area contributed by atoms with Crippen LogP contribution in [0.25, 0.3) is 5.69 Å². The first-order valence-corrected chi connectivity index (χ1v) is 10.4. The van der Waals surface area contributed by atoms with Crippen LogP contribution in [-0.2, 0) is 5.54 Å². The highest BCUT2D eigenvalue weighted by Gasteiger charge is 2.43. The molecule has 0 unspecified atom stereocenters. The molecule has 1 spiro atoms. The van der Waals surface area contributed by atoms with Gasteiger partial charge in [0.25, 0.3) is 5.91 Å². The van der Waals surface area contributed by atoms with Gasteiger partial charge in [-0.05, 0) is 84.1 Å². The molecule has 2 aliphatic rings. The van der Waals surface area contributed by atoms with Crippen molar-refractivity contribution < 1.29 is 9.21 Å². The van der Waals surface area contributed by atoms with E-state index in [2.05, 4.69) is 70.1 Å². The second-order valence-corrected chi connectivity index (χ2v) is 8.55. The minimum absolute atomic E-state index is 0.0430. The first-order chi connectivity index (χ1) is 13.5. The van der Waals surface area contributed by atoms with E-state index in [4.69, 9.17) is 4.42 Å². The Morgan fingerprint density at radius 1 is 1.14 bits per heavy atom. The topological polar surface area (TPSA) is 50.4 Å². The van der Waals surface area contributed by atoms with Crippen LogP contribution in [0, 0.1) is 13.8 Å². The Morgan fingerprint density at radius 2 is 1.93 bits per heavy atom. The molecule has 0 bridgehead atoms. The first-order valence-electron chi connectivity index (χ1n) is 9.60. The van der Waals surface area contributed by atoms with Crippen LogP contribution in [0.4, 0.5) is 5.69 Å². The van der Waals surface area contributed by atoms with Gasteiger partial charge in [0.05, 0.1) is 16.9 Å². The largest absolute Gasteiger partial charge is 0.444 e. The zero-order valence-corrected chi connectivity index (χ0v) is 17.5. The number of carbonyl (C=O) groups excluding carboxylic acids is 1. The highest BCUT2D eigenvalue weighted by atomic mass is 79.9. The molecule has 1 aromatic carbocycles. The van der Waals surface area contributed by atoms with Crippen LogP contribution in [0.15, 0.2) is 51.7 Å². The third-order valence-corrected chi connectivity index (χ3v) is 6.67. The van der Waals surface area contributed by atoms with Crippen molar-refractivity contribution in [3.05, 3.63) is 69.8 Å². The lowest BCUT2D eigenvalue weighted by molar-refractivity contribution is 0.0643. The van der Waals surface area contributed by atoms with E-state index in [9.17, 15) is 4.79 Å². The fraction of sp³-hybridized carbons (Fsp3) is 0.318. The van der Waals surface area contributed by atoms with E-state index in [1.54, 1.807) is 12.1 Å². The van der Waals surface area contributed by atoms with E-state index in [0.717, 1.165) is 12.8 Å². The van der Waals surface area contributed by atoms with Crippen LogP contribution in [0.5, 0.6) is 0 Å². The van der Waals surface area contributed by atoms with Crippen molar-refractivity contribution in [1.82, 2.24) is 9.47 Å². The van der Waals surface area contributed by atoms with Gasteiger partial charge >= 0.3 is 0 Å². The third kappa shape index (κ3) is 2.54. The zero-order valence-electron chi connectivity index (χ0n) is 16.0. The summed E-state index contributed by atoms with van der Waals surface area (Å²) in [6.07, 6.45) is 3.87. The number of carbonyl (C=O) groups is 1. The predicted octanol–water partition coefficient (Wildman–Crippen LogP) is 5.01. The molecule has 0 saturated carbocycles. The van der Waals surface area contributed by atoms with E-state index in [-0.39, 0.29) is 11.4 Å². The quantitative estimate of drug-likeness (QED) is 0.579. The van der Waals surface area contributed by atoms with Crippen LogP contribution in [-0.4, -0.2) is 28.5 Å². The molecule has 28 heavy (non-hydrogen) atoms. The molecule has 2 aliphatic heterocycles. The monoisotopic (exact) mass is 439 g/mol. The number of halogens is 1. The number of rotatable bonds is 1. The standard InChI is InChI=1S/C22H22BrN3O2/c1-14-5-6-16-20(15(14)2)26-11-3-4-18(26)22(24-16)9-12-25(13-10-22)21(27)17-7-8-19(23)28-17/h3-8,11,24H,9-10,12-13H2,1-2H3. The summed E-state index contributed by atoms with van der Waals surface area (Å²) < 4.78 is 8.37. The second kappa shape index (κ2) is 6.27. The van der Waals surface area contributed by atoms with Gasteiger partial charge < -0.3 is 19.2 Å². The minimum Gasteiger partial charge on any atom is -0.444 e. The van der Waals surface area contributed by atoms with Gasteiger partial charge in [0.15, 0.2) is 10.4 Å². The maximum absolute atomic E-state index is 12.7. The summed E-state index contributed by atoms with van der Waals surface area (Å²) in [5.74, 6) is 0.345. The second-order valence-electron chi connectivity index (χ2n) is 7.77. The Hall–Kier alpha value is -2.47. The lowest BCUT2D eigenvalue weighted by atomic mass is 9.82. The summed E-state index contributed by atoms with van der Waals surface area (Å²) in [7, 11) is 0. The van der Waals surface area contributed by atoms with Gasteiger partial charge in [-0.3, -0.25) is 4.79 Å². The van der Waals surface area contributed by atoms with Gasteiger partial charge in [0, 0.05) is 25.0 Å². The molecule has 1 amide bonds. The van der Waals surface area contributed by atoms with Crippen molar-refractivity contribution in [2.75, 3.05) is 18.4 Å². The molecule has 3 aromatic rings. The van der Waals surface area contributed by atoms with Crippen LogP contribution < -0.4 is 5.32 Å². The smallest absolute Gasteiger partial charge is 0.289 e. The Bertz CT molecular complexity index is 1070. The summed E-state index contributed by atoms with van der Waals surface area (Å²) in [4.78, 5) is 14.6. The zero-order chi connectivity index (χ0) is 19.5. The number of piperidine rings is 1. The minimum atomic E-state index is -0.154. The average Bonchev–Trinajstić information content (AvgIpc) is 3.35.